The summed E-state index contributed by atoms with van der Waals surface area (Å²) >= 11 is 2.04. The van der Waals surface area contributed by atoms with Crippen molar-refractivity contribution in [2.24, 2.45) is 5.41 Å². The lowest BCUT2D eigenvalue weighted by Gasteiger charge is -2.38. The molecule has 0 aromatic rings. The highest BCUT2D eigenvalue weighted by molar-refractivity contribution is 7.99. The second kappa shape index (κ2) is 5.35. The number of rotatable bonds is 3. The Hall–Kier alpha value is -0.0200. The van der Waals surface area contributed by atoms with Gasteiger partial charge in [0.1, 0.15) is 6.29 Å². The summed E-state index contributed by atoms with van der Waals surface area (Å²) in [7, 11) is 0. The predicted molar refractivity (Wildman–Crippen MR) is 65.3 cm³/mol. The lowest BCUT2D eigenvalue weighted by molar-refractivity contribution is -0.119. The van der Waals surface area contributed by atoms with Crippen molar-refractivity contribution >= 4 is 18.0 Å². The van der Waals surface area contributed by atoms with Crippen LogP contribution in [0.3, 0.4) is 0 Å². The molecular weight excluding hydrogens is 206 g/mol. The van der Waals surface area contributed by atoms with Gasteiger partial charge in [-0.1, -0.05) is 19.3 Å². The Bertz CT molecular complexity index is 208. The van der Waals surface area contributed by atoms with Gasteiger partial charge in [0, 0.05) is 36.6 Å². The molecule has 1 aliphatic heterocycles. The van der Waals surface area contributed by atoms with Crippen LogP contribution >= 0.6 is 11.8 Å². The zero-order chi connectivity index (χ0) is 10.6. The van der Waals surface area contributed by atoms with Crippen molar-refractivity contribution in [2.75, 3.05) is 31.1 Å². The second-order valence-corrected chi connectivity index (χ2v) is 6.15. The first-order valence-electron chi connectivity index (χ1n) is 6.11. The van der Waals surface area contributed by atoms with Crippen molar-refractivity contribution in [3.63, 3.8) is 0 Å². The van der Waals surface area contributed by atoms with Crippen molar-refractivity contribution in [3.05, 3.63) is 0 Å². The van der Waals surface area contributed by atoms with E-state index in [4.69, 9.17) is 0 Å². The highest BCUT2D eigenvalue weighted by Crippen LogP contribution is 2.35. The molecule has 1 heterocycles. The van der Waals surface area contributed by atoms with Crippen LogP contribution < -0.4 is 0 Å². The predicted octanol–water partition coefficient (Wildman–Crippen LogP) is 2.18. The zero-order valence-electron chi connectivity index (χ0n) is 9.41. The number of carbonyl (C=O) groups is 1. The van der Waals surface area contributed by atoms with Crippen LogP contribution in [0.4, 0.5) is 0 Å². The molecule has 0 radical (unpaired) electrons. The summed E-state index contributed by atoms with van der Waals surface area (Å²) in [5.74, 6) is 2.49. The molecule has 0 amide bonds. The van der Waals surface area contributed by atoms with E-state index in [0.29, 0.717) is 0 Å². The number of hydrogen-bond donors (Lipinski definition) is 0. The molecule has 3 heteroatoms. The maximum absolute atomic E-state index is 11.3. The molecule has 15 heavy (non-hydrogen) atoms. The van der Waals surface area contributed by atoms with E-state index in [2.05, 4.69) is 4.90 Å². The van der Waals surface area contributed by atoms with E-state index in [0.717, 1.165) is 19.4 Å². The van der Waals surface area contributed by atoms with Gasteiger partial charge in [0.05, 0.1) is 0 Å². The molecule has 0 spiro atoms. The maximum atomic E-state index is 11.3. The Morgan fingerprint density at radius 1 is 1.13 bits per heavy atom. The Balaban J connectivity index is 1.90. The molecule has 2 fully saturated rings. The highest BCUT2D eigenvalue weighted by atomic mass is 32.2. The Morgan fingerprint density at radius 2 is 1.80 bits per heavy atom. The molecule has 1 aliphatic carbocycles. The number of nitrogens with zero attached hydrogens (tertiary/aromatic N) is 1. The summed E-state index contributed by atoms with van der Waals surface area (Å²) in [6.07, 6.45) is 7.34. The summed E-state index contributed by atoms with van der Waals surface area (Å²) in [6, 6.07) is 0. The van der Waals surface area contributed by atoms with Gasteiger partial charge in [-0.2, -0.15) is 11.8 Å². The van der Waals surface area contributed by atoms with Crippen LogP contribution in [-0.2, 0) is 4.79 Å². The molecule has 1 saturated carbocycles. The molecule has 0 N–H and O–H groups in total. The Labute approximate surface area is 96.8 Å². The lowest BCUT2D eigenvalue weighted by atomic mass is 9.75. The fourth-order valence-electron chi connectivity index (χ4n) is 2.77. The van der Waals surface area contributed by atoms with Crippen LogP contribution in [0.25, 0.3) is 0 Å². The second-order valence-electron chi connectivity index (χ2n) is 4.93. The smallest absolute Gasteiger partial charge is 0.127 e. The zero-order valence-corrected chi connectivity index (χ0v) is 10.2. The summed E-state index contributed by atoms with van der Waals surface area (Å²) < 4.78 is 0. The van der Waals surface area contributed by atoms with Gasteiger partial charge in [-0.15, -0.1) is 0 Å². The molecule has 2 nitrogen and oxygen atoms in total. The van der Waals surface area contributed by atoms with Crippen LogP contribution in [-0.4, -0.2) is 42.3 Å². The molecule has 2 rings (SSSR count). The van der Waals surface area contributed by atoms with Crippen LogP contribution in [0.1, 0.15) is 32.1 Å². The van der Waals surface area contributed by atoms with E-state index in [1.165, 1.54) is 50.1 Å². The molecule has 0 atom stereocenters. The topological polar surface area (TPSA) is 20.3 Å². The first kappa shape index (κ1) is 11.5. The number of carbonyl (C=O) groups excluding carboxylic acids is 1. The van der Waals surface area contributed by atoms with Gasteiger partial charge < -0.3 is 9.69 Å². The van der Waals surface area contributed by atoms with E-state index in [1.54, 1.807) is 0 Å². The molecule has 2 aliphatic rings. The summed E-state index contributed by atoms with van der Waals surface area (Å²) in [5, 5.41) is 0. The molecule has 0 unspecified atom stereocenters. The fraction of sp³-hybridized carbons (Fsp3) is 0.917. The Morgan fingerprint density at radius 3 is 2.40 bits per heavy atom. The summed E-state index contributed by atoms with van der Waals surface area (Å²) in [4.78, 5) is 13.8. The van der Waals surface area contributed by atoms with Crippen molar-refractivity contribution in [1.29, 1.82) is 0 Å². The van der Waals surface area contributed by atoms with Gasteiger partial charge in [0.25, 0.3) is 0 Å². The molecular formula is C12H21NOS. The molecule has 86 valence electrons. The SMILES string of the molecule is O=CC1(CN2CCSCC2)CCCCC1. The van der Waals surface area contributed by atoms with Gasteiger partial charge in [-0.05, 0) is 12.8 Å². The van der Waals surface area contributed by atoms with Crippen LogP contribution in [0.2, 0.25) is 0 Å². The van der Waals surface area contributed by atoms with Gasteiger partial charge in [0.15, 0.2) is 0 Å². The normalized spacial score (nSPS) is 27.5. The molecule has 0 aromatic carbocycles. The average Bonchev–Trinajstić information content (AvgIpc) is 2.32. The quantitative estimate of drug-likeness (QED) is 0.689. The standard InChI is InChI=1S/C12H21NOS/c14-11-12(4-2-1-3-5-12)10-13-6-8-15-9-7-13/h11H,1-10H2. The van der Waals surface area contributed by atoms with Crippen LogP contribution in [0, 0.1) is 5.41 Å². The van der Waals surface area contributed by atoms with Crippen molar-refractivity contribution in [2.45, 2.75) is 32.1 Å². The number of thioether (sulfide) groups is 1. The largest absolute Gasteiger partial charge is 0.303 e. The van der Waals surface area contributed by atoms with E-state index < -0.39 is 0 Å². The molecule has 0 aromatic heterocycles. The van der Waals surface area contributed by atoms with Gasteiger partial charge in [0.2, 0.25) is 0 Å². The minimum Gasteiger partial charge on any atom is -0.303 e. The third kappa shape index (κ3) is 2.97. The number of hydrogen-bond acceptors (Lipinski definition) is 3. The summed E-state index contributed by atoms with van der Waals surface area (Å²) in [6.45, 7) is 3.39. The minimum atomic E-state index is 0.0141. The van der Waals surface area contributed by atoms with Crippen LogP contribution in [0.5, 0.6) is 0 Å². The maximum Gasteiger partial charge on any atom is 0.127 e. The van der Waals surface area contributed by atoms with Crippen LogP contribution in [0.15, 0.2) is 0 Å². The lowest BCUT2D eigenvalue weighted by Crippen LogP contribution is -2.43. The third-order valence-electron chi connectivity index (χ3n) is 3.74. The van der Waals surface area contributed by atoms with E-state index >= 15 is 0 Å². The number of aldehydes is 1. The van der Waals surface area contributed by atoms with Gasteiger partial charge in [-0.3, -0.25) is 0 Å². The monoisotopic (exact) mass is 227 g/mol. The Kier molecular flexibility index (Phi) is 4.09. The van der Waals surface area contributed by atoms with Crippen molar-refractivity contribution in [1.82, 2.24) is 4.90 Å². The van der Waals surface area contributed by atoms with Gasteiger partial charge >= 0.3 is 0 Å². The van der Waals surface area contributed by atoms with Crippen molar-refractivity contribution < 1.29 is 4.79 Å². The molecule has 0 bridgehead atoms. The van der Waals surface area contributed by atoms with Gasteiger partial charge in [-0.25, -0.2) is 0 Å². The van der Waals surface area contributed by atoms with Crippen molar-refractivity contribution in [3.8, 4) is 0 Å². The van der Waals surface area contributed by atoms with E-state index in [9.17, 15) is 4.79 Å². The first-order valence-corrected chi connectivity index (χ1v) is 7.27. The fourth-order valence-corrected chi connectivity index (χ4v) is 3.75. The third-order valence-corrected chi connectivity index (χ3v) is 4.68. The summed E-state index contributed by atoms with van der Waals surface area (Å²) in [5.41, 5.74) is 0.0141. The molecule has 1 saturated heterocycles. The van der Waals surface area contributed by atoms with E-state index in [-0.39, 0.29) is 5.41 Å². The minimum absolute atomic E-state index is 0.0141. The van der Waals surface area contributed by atoms with E-state index in [1.807, 2.05) is 11.8 Å². The average molecular weight is 227 g/mol. The first-order chi connectivity index (χ1) is 7.35. The highest BCUT2D eigenvalue weighted by Gasteiger charge is 2.33.